The molecule has 270 valence electrons. The third-order valence-electron chi connectivity index (χ3n) is 12.0. The molecule has 0 bridgehead atoms. The molecule has 5 atom stereocenters. The van der Waals surface area contributed by atoms with Gasteiger partial charge in [0.2, 0.25) is 6.29 Å². The second kappa shape index (κ2) is 18.9. The van der Waals surface area contributed by atoms with Crippen molar-refractivity contribution in [2.24, 2.45) is 11.3 Å². The van der Waals surface area contributed by atoms with E-state index >= 15 is 0 Å². The van der Waals surface area contributed by atoms with Gasteiger partial charge in [-0.2, -0.15) is 5.06 Å². The van der Waals surface area contributed by atoms with Gasteiger partial charge in [0.1, 0.15) is 12.7 Å². The third kappa shape index (κ3) is 10.6. The van der Waals surface area contributed by atoms with Crippen molar-refractivity contribution in [2.45, 2.75) is 213 Å². The molecule has 0 aromatic rings. The number of hydrogen-bond donors (Lipinski definition) is 0. The van der Waals surface area contributed by atoms with Crippen LogP contribution in [0.4, 0.5) is 0 Å². The molecule has 3 heterocycles. The van der Waals surface area contributed by atoms with Crippen molar-refractivity contribution in [3.8, 4) is 0 Å². The van der Waals surface area contributed by atoms with Crippen molar-refractivity contribution in [3.63, 3.8) is 0 Å². The van der Waals surface area contributed by atoms with Crippen LogP contribution in [-0.2, 0) is 28.6 Å². The lowest BCUT2D eigenvalue weighted by atomic mass is 9.66. The van der Waals surface area contributed by atoms with E-state index in [2.05, 4.69) is 60.5 Å². The zero-order chi connectivity index (χ0) is 33.7. The fourth-order valence-electron chi connectivity index (χ4n) is 7.69. The Kier molecular flexibility index (Phi) is 16.3. The Hall–Kier alpha value is -0.730. The summed E-state index contributed by atoms with van der Waals surface area (Å²) in [7, 11) is 0. The van der Waals surface area contributed by atoms with Crippen LogP contribution in [0.15, 0.2) is 0 Å². The van der Waals surface area contributed by atoms with Crippen LogP contribution in [0.25, 0.3) is 0 Å². The number of nitrogens with zero attached hydrogens (tertiary/aromatic N) is 1. The quantitative estimate of drug-likeness (QED) is 0.0618. The molecule has 0 aromatic heterocycles. The minimum atomic E-state index is -0.706. The van der Waals surface area contributed by atoms with Crippen LogP contribution in [-0.4, -0.2) is 60.1 Å². The smallest absolute Gasteiger partial charge is 0.305 e. The number of rotatable bonds is 23. The fourth-order valence-corrected chi connectivity index (χ4v) is 7.69. The van der Waals surface area contributed by atoms with Crippen molar-refractivity contribution in [1.29, 1.82) is 0 Å². The fraction of sp³-hybridized carbons (Fsp3) is 0.974. The molecule has 3 saturated heterocycles. The SMILES string of the molecule is CCCCCCCCCCCCCCCCCC(=O)OCC1(CC)COC2(CC(C)(CC)N(OC3OC3C)C(C)(CC)C2C)OC1. The largest absolute Gasteiger partial charge is 0.465 e. The summed E-state index contributed by atoms with van der Waals surface area (Å²) in [4.78, 5) is 19.2. The molecule has 0 aromatic carbocycles. The molecule has 0 aliphatic carbocycles. The molecule has 46 heavy (non-hydrogen) atoms. The maximum Gasteiger partial charge on any atom is 0.305 e. The van der Waals surface area contributed by atoms with Gasteiger partial charge in [-0.05, 0) is 46.5 Å². The molecule has 7 nitrogen and oxygen atoms in total. The number of ether oxygens (including phenoxy) is 4. The molecule has 0 radical (unpaired) electrons. The highest BCUT2D eigenvalue weighted by Gasteiger charge is 2.64. The second-order valence-electron chi connectivity index (χ2n) is 15.7. The van der Waals surface area contributed by atoms with Crippen LogP contribution in [0.5, 0.6) is 0 Å². The maximum absolute atomic E-state index is 12.7. The summed E-state index contributed by atoms with van der Waals surface area (Å²) in [6.07, 6.45) is 23.6. The minimum absolute atomic E-state index is 0.0705. The Morgan fingerprint density at radius 1 is 0.739 bits per heavy atom. The molecule has 0 amide bonds. The van der Waals surface area contributed by atoms with Gasteiger partial charge >= 0.3 is 5.97 Å². The van der Waals surface area contributed by atoms with Gasteiger partial charge in [-0.1, -0.05) is 125 Å². The van der Waals surface area contributed by atoms with Crippen LogP contribution < -0.4 is 0 Å². The van der Waals surface area contributed by atoms with E-state index in [0.717, 1.165) is 32.1 Å². The maximum atomic E-state index is 12.7. The monoisotopic (exact) mass is 652 g/mol. The summed E-state index contributed by atoms with van der Waals surface area (Å²) in [6, 6.07) is 0. The Balaban J connectivity index is 1.34. The van der Waals surface area contributed by atoms with Crippen molar-refractivity contribution >= 4 is 5.97 Å². The van der Waals surface area contributed by atoms with Crippen molar-refractivity contribution in [1.82, 2.24) is 5.06 Å². The lowest BCUT2D eigenvalue weighted by Gasteiger charge is -2.64. The topological polar surface area (TPSA) is 69.8 Å². The zero-order valence-electron chi connectivity index (χ0n) is 31.4. The van der Waals surface area contributed by atoms with Gasteiger partial charge in [-0.25, -0.2) is 0 Å². The van der Waals surface area contributed by atoms with Gasteiger partial charge in [-0.15, -0.1) is 0 Å². The number of unbranched alkanes of at least 4 members (excludes halogenated alkanes) is 14. The second-order valence-corrected chi connectivity index (χ2v) is 15.7. The predicted molar refractivity (Wildman–Crippen MR) is 186 cm³/mol. The molecule has 0 saturated carbocycles. The summed E-state index contributed by atoms with van der Waals surface area (Å²) in [5.74, 6) is -0.724. The van der Waals surface area contributed by atoms with Crippen LogP contribution in [0, 0.1) is 11.3 Å². The summed E-state index contributed by atoms with van der Waals surface area (Å²) >= 11 is 0. The number of carbonyl (C=O) groups excluding carboxylic acids is 1. The number of epoxide rings is 1. The molecule has 7 heteroatoms. The first-order valence-electron chi connectivity index (χ1n) is 19.6. The first-order chi connectivity index (χ1) is 22.0. The van der Waals surface area contributed by atoms with Crippen molar-refractivity contribution in [3.05, 3.63) is 0 Å². The first-order valence-corrected chi connectivity index (χ1v) is 19.6. The highest BCUT2D eigenvalue weighted by atomic mass is 16.9. The summed E-state index contributed by atoms with van der Waals surface area (Å²) in [5.41, 5.74) is -0.874. The van der Waals surface area contributed by atoms with Crippen molar-refractivity contribution in [2.75, 3.05) is 19.8 Å². The van der Waals surface area contributed by atoms with Gasteiger partial charge in [-0.3, -0.25) is 9.63 Å². The minimum Gasteiger partial charge on any atom is -0.465 e. The third-order valence-corrected chi connectivity index (χ3v) is 12.0. The Morgan fingerprint density at radius 2 is 1.24 bits per heavy atom. The standard InChI is InChI=1S/C39H73NO6/c1-9-13-14-15-16-17-18-19-20-21-22-23-24-25-26-27-34(41)42-29-38(12-4)30-43-39(44-31-38)28-36(7,10-2)40(46-35-32(5)45-35)37(8,11-3)33(39)6/h32-33,35H,9-31H2,1-8H3. The molecule has 3 aliphatic rings. The normalized spacial score (nSPS) is 34.7. The highest BCUT2D eigenvalue weighted by Crippen LogP contribution is 2.55. The predicted octanol–water partition coefficient (Wildman–Crippen LogP) is 10.3. The van der Waals surface area contributed by atoms with Gasteiger partial charge in [0.25, 0.3) is 0 Å². The lowest BCUT2D eigenvalue weighted by Crippen LogP contribution is -2.74. The van der Waals surface area contributed by atoms with Crippen LogP contribution >= 0.6 is 0 Å². The van der Waals surface area contributed by atoms with E-state index in [0.29, 0.717) is 32.7 Å². The van der Waals surface area contributed by atoms with Crippen LogP contribution in [0.3, 0.4) is 0 Å². The van der Waals surface area contributed by atoms with Gasteiger partial charge in [0.15, 0.2) is 5.79 Å². The highest BCUT2D eigenvalue weighted by molar-refractivity contribution is 5.69. The van der Waals surface area contributed by atoms with Crippen molar-refractivity contribution < 1.29 is 28.6 Å². The summed E-state index contributed by atoms with van der Waals surface area (Å²) in [5, 5.41) is 2.22. The summed E-state index contributed by atoms with van der Waals surface area (Å²) < 4.78 is 25.1. The number of esters is 1. The van der Waals surface area contributed by atoms with E-state index in [4.69, 9.17) is 23.8 Å². The number of piperidine rings is 1. The summed E-state index contributed by atoms with van der Waals surface area (Å²) in [6.45, 7) is 19.1. The molecule has 0 N–H and O–H groups in total. The lowest BCUT2D eigenvalue weighted by molar-refractivity contribution is -0.416. The molecule has 3 aliphatic heterocycles. The van der Waals surface area contributed by atoms with E-state index in [9.17, 15) is 4.79 Å². The van der Waals surface area contributed by atoms with E-state index in [-0.39, 0.29) is 40.8 Å². The number of carbonyl (C=O) groups is 1. The Morgan fingerprint density at radius 3 is 1.67 bits per heavy atom. The molecule has 3 rings (SSSR count). The Bertz CT molecular complexity index is 875. The van der Waals surface area contributed by atoms with E-state index in [1.54, 1.807) is 0 Å². The van der Waals surface area contributed by atoms with E-state index < -0.39 is 5.79 Å². The Labute approximate surface area is 283 Å². The average molecular weight is 652 g/mol. The van der Waals surface area contributed by atoms with Gasteiger partial charge in [0.05, 0.1) is 24.2 Å². The number of hydroxylamine groups is 2. The molecular formula is C39H73NO6. The average Bonchev–Trinajstić information content (AvgIpc) is 3.78. The first kappa shape index (κ1) is 39.7. The van der Waals surface area contributed by atoms with Crippen LogP contribution in [0.1, 0.15) is 184 Å². The molecule has 1 spiro atoms. The van der Waals surface area contributed by atoms with E-state index in [1.807, 2.05) is 0 Å². The number of hydrogen-bond acceptors (Lipinski definition) is 7. The van der Waals surface area contributed by atoms with Gasteiger partial charge in [0, 0.05) is 24.3 Å². The van der Waals surface area contributed by atoms with Gasteiger partial charge < -0.3 is 18.9 Å². The molecular weight excluding hydrogens is 578 g/mol. The van der Waals surface area contributed by atoms with E-state index in [1.165, 1.54) is 83.5 Å². The molecule has 3 fully saturated rings. The molecule has 5 unspecified atom stereocenters. The van der Waals surface area contributed by atoms with Crippen LogP contribution in [0.2, 0.25) is 0 Å². The zero-order valence-corrected chi connectivity index (χ0v) is 31.4.